The van der Waals surface area contributed by atoms with Crippen LogP contribution in [0.15, 0.2) is 6.07 Å². The van der Waals surface area contributed by atoms with E-state index in [1.54, 1.807) is 0 Å². The van der Waals surface area contributed by atoms with E-state index in [0.717, 1.165) is 30.0 Å². The van der Waals surface area contributed by atoms with E-state index < -0.39 is 0 Å². The molecule has 0 aromatic carbocycles. The lowest BCUT2D eigenvalue weighted by Crippen LogP contribution is -2.21. The number of anilines is 2. The molecular weight excluding hydrogens is 226 g/mol. The summed E-state index contributed by atoms with van der Waals surface area (Å²) in [4.78, 5) is 8.53. The zero-order valence-corrected chi connectivity index (χ0v) is 11.2. The smallest absolute Gasteiger partial charge is 0.145 e. The second-order valence-corrected chi connectivity index (χ2v) is 5.34. The van der Waals surface area contributed by atoms with Gasteiger partial charge in [0.15, 0.2) is 0 Å². The van der Waals surface area contributed by atoms with Crippen molar-refractivity contribution in [3.8, 4) is 0 Å². The van der Waals surface area contributed by atoms with Crippen LogP contribution in [-0.4, -0.2) is 16.5 Å². The zero-order valence-electron chi connectivity index (χ0n) is 11.2. The van der Waals surface area contributed by atoms with Crippen molar-refractivity contribution in [3.63, 3.8) is 0 Å². The molecule has 0 amide bonds. The molecule has 18 heavy (non-hydrogen) atoms. The van der Waals surface area contributed by atoms with Gasteiger partial charge < -0.3 is 10.7 Å². The highest BCUT2D eigenvalue weighted by Crippen LogP contribution is 2.28. The van der Waals surface area contributed by atoms with Gasteiger partial charge in [-0.2, -0.15) is 0 Å². The van der Waals surface area contributed by atoms with Gasteiger partial charge in [0.2, 0.25) is 0 Å². The lowest BCUT2D eigenvalue weighted by molar-refractivity contribution is 0.300. The number of aryl methyl sites for hydroxylation is 1. The Morgan fingerprint density at radius 2 is 1.89 bits per heavy atom. The van der Waals surface area contributed by atoms with Crippen molar-refractivity contribution in [2.45, 2.75) is 39.5 Å². The fourth-order valence-electron chi connectivity index (χ4n) is 2.51. The van der Waals surface area contributed by atoms with Crippen LogP contribution in [0.1, 0.15) is 38.4 Å². The van der Waals surface area contributed by atoms with Crippen LogP contribution in [0.3, 0.4) is 0 Å². The molecule has 0 bridgehead atoms. The molecule has 1 heterocycles. The Hall–Kier alpha value is -1.36. The number of nitrogens with one attached hydrogen (secondary N) is 2. The van der Waals surface area contributed by atoms with Crippen LogP contribution in [0.2, 0.25) is 0 Å². The van der Waals surface area contributed by atoms with Gasteiger partial charge in [0.25, 0.3) is 0 Å². The van der Waals surface area contributed by atoms with Crippen molar-refractivity contribution in [2.75, 3.05) is 17.3 Å². The van der Waals surface area contributed by atoms with E-state index in [1.807, 2.05) is 13.0 Å². The van der Waals surface area contributed by atoms with E-state index in [2.05, 4.69) is 27.6 Å². The summed E-state index contributed by atoms with van der Waals surface area (Å²) in [5.74, 6) is 9.28. The second kappa shape index (κ2) is 6.00. The maximum absolute atomic E-state index is 5.37. The standard InChI is InChI=1S/C13H23N5/c1-9-3-5-11(6-4-9)8-15-12-7-13(18-14)17-10(2)16-12/h7,9,11H,3-6,8,14H2,1-2H3,(H2,15,16,17,18). The molecule has 4 N–H and O–H groups in total. The van der Waals surface area contributed by atoms with Gasteiger partial charge in [-0.15, -0.1) is 0 Å². The van der Waals surface area contributed by atoms with Gasteiger partial charge in [-0.1, -0.05) is 19.8 Å². The van der Waals surface area contributed by atoms with Crippen molar-refractivity contribution in [2.24, 2.45) is 17.7 Å². The Morgan fingerprint density at radius 3 is 2.56 bits per heavy atom. The summed E-state index contributed by atoms with van der Waals surface area (Å²) in [6, 6.07) is 1.85. The first-order chi connectivity index (χ1) is 8.67. The average molecular weight is 249 g/mol. The predicted octanol–water partition coefficient (Wildman–Crippen LogP) is 2.31. The molecule has 1 saturated carbocycles. The SMILES string of the molecule is Cc1nc(NN)cc(NCC2CCC(C)CC2)n1. The molecule has 1 aromatic heterocycles. The number of hydrazine groups is 1. The highest BCUT2D eigenvalue weighted by molar-refractivity contribution is 5.46. The van der Waals surface area contributed by atoms with Gasteiger partial charge >= 0.3 is 0 Å². The maximum atomic E-state index is 5.37. The number of nitrogen functional groups attached to an aromatic ring is 1. The summed E-state index contributed by atoms with van der Waals surface area (Å²) in [6.45, 7) is 5.21. The number of nitrogens with zero attached hydrogens (tertiary/aromatic N) is 2. The van der Waals surface area contributed by atoms with Crippen LogP contribution in [0.4, 0.5) is 11.6 Å². The largest absolute Gasteiger partial charge is 0.370 e. The maximum Gasteiger partial charge on any atom is 0.145 e. The van der Waals surface area contributed by atoms with Crippen LogP contribution in [0.5, 0.6) is 0 Å². The minimum Gasteiger partial charge on any atom is -0.370 e. The third-order valence-corrected chi connectivity index (χ3v) is 3.69. The Bertz CT molecular complexity index is 385. The lowest BCUT2D eigenvalue weighted by Gasteiger charge is -2.26. The topological polar surface area (TPSA) is 75.9 Å². The molecule has 0 spiro atoms. The fourth-order valence-corrected chi connectivity index (χ4v) is 2.51. The van der Waals surface area contributed by atoms with Crippen molar-refractivity contribution in [1.82, 2.24) is 9.97 Å². The van der Waals surface area contributed by atoms with Crippen molar-refractivity contribution < 1.29 is 0 Å². The second-order valence-electron chi connectivity index (χ2n) is 5.34. The van der Waals surface area contributed by atoms with Gasteiger partial charge in [-0.25, -0.2) is 15.8 Å². The summed E-state index contributed by atoms with van der Waals surface area (Å²) in [6.07, 6.45) is 5.34. The molecule has 1 aliphatic carbocycles. The zero-order chi connectivity index (χ0) is 13.0. The normalized spacial score (nSPS) is 23.7. The monoisotopic (exact) mass is 249 g/mol. The summed E-state index contributed by atoms with van der Waals surface area (Å²) >= 11 is 0. The Kier molecular flexibility index (Phi) is 4.36. The molecule has 100 valence electrons. The molecule has 5 nitrogen and oxygen atoms in total. The third-order valence-electron chi connectivity index (χ3n) is 3.69. The van der Waals surface area contributed by atoms with Crippen molar-refractivity contribution in [3.05, 3.63) is 11.9 Å². The lowest BCUT2D eigenvalue weighted by atomic mass is 9.83. The predicted molar refractivity (Wildman–Crippen MR) is 74.2 cm³/mol. The molecule has 0 aliphatic heterocycles. The summed E-state index contributed by atoms with van der Waals surface area (Å²) in [7, 11) is 0. The molecule has 1 fully saturated rings. The molecule has 0 radical (unpaired) electrons. The van der Waals surface area contributed by atoms with E-state index in [-0.39, 0.29) is 0 Å². The van der Waals surface area contributed by atoms with Gasteiger partial charge in [0, 0.05) is 12.6 Å². The van der Waals surface area contributed by atoms with Crippen molar-refractivity contribution in [1.29, 1.82) is 0 Å². The summed E-state index contributed by atoms with van der Waals surface area (Å²) in [5, 5.41) is 3.40. The molecule has 0 unspecified atom stereocenters. The van der Waals surface area contributed by atoms with Crippen LogP contribution in [0, 0.1) is 18.8 Å². The molecule has 0 saturated heterocycles. The fraction of sp³-hybridized carbons (Fsp3) is 0.692. The number of hydrogen-bond acceptors (Lipinski definition) is 5. The molecular formula is C13H23N5. The van der Waals surface area contributed by atoms with Crippen LogP contribution in [-0.2, 0) is 0 Å². The van der Waals surface area contributed by atoms with Crippen LogP contribution >= 0.6 is 0 Å². The van der Waals surface area contributed by atoms with E-state index in [0.29, 0.717) is 5.82 Å². The first-order valence-electron chi connectivity index (χ1n) is 6.73. The van der Waals surface area contributed by atoms with Gasteiger partial charge in [0.1, 0.15) is 17.5 Å². The third kappa shape index (κ3) is 3.57. The van der Waals surface area contributed by atoms with E-state index in [4.69, 9.17) is 5.84 Å². The molecule has 1 aliphatic rings. The summed E-state index contributed by atoms with van der Waals surface area (Å²) < 4.78 is 0. The molecule has 5 heteroatoms. The molecule has 0 atom stereocenters. The quantitative estimate of drug-likeness (QED) is 0.564. The number of rotatable bonds is 4. The summed E-state index contributed by atoms with van der Waals surface area (Å²) in [5.41, 5.74) is 2.56. The first kappa shape index (κ1) is 13.1. The van der Waals surface area contributed by atoms with Gasteiger partial charge in [-0.05, 0) is 31.6 Å². The van der Waals surface area contributed by atoms with E-state index in [9.17, 15) is 0 Å². The van der Waals surface area contributed by atoms with Gasteiger partial charge in [-0.3, -0.25) is 0 Å². The number of nitrogens with two attached hydrogens (primary N) is 1. The Balaban J connectivity index is 1.88. The Labute approximate surface area is 109 Å². The number of aromatic nitrogens is 2. The first-order valence-corrected chi connectivity index (χ1v) is 6.73. The van der Waals surface area contributed by atoms with Crippen LogP contribution in [0.25, 0.3) is 0 Å². The highest BCUT2D eigenvalue weighted by Gasteiger charge is 2.17. The molecule has 2 rings (SSSR count). The number of hydrogen-bond donors (Lipinski definition) is 3. The minimum atomic E-state index is 0.655. The van der Waals surface area contributed by atoms with Crippen LogP contribution < -0.4 is 16.6 Å². The highest BCUT2D eigenvalue weighted by atomic mass is 15.3. The molecule has 1 aromatic rings. The van der Waals surface area contributed by atoms with Gasteiger partial charge in [0.05, 0.1) is 0 Å². The minimum absolute atomic E-state index is 0.655. The van der Waals surface area contributed by atoms with Crippen molar-refractivity contribution >= 4 is 11.6 Å². The van der Waals surface area contributed by atoms with E-state index in [1.165, 1.54) is 25.7 Å². The van der Waals surface area contributed by atoms with E-state index >= 15 is 0 Å². The average Bonchev–Trinajstić information content (AvgIpc) is 2.37. The Morgan fingerprint density at radius 1 is 1.22 bits per heavy atom.